The van der Waals surface area contributed by atoms with E-state index in [0.717, 1.165) is 16.2 Å². The highest BCUT2D eigenvalue weighted by atomic mass is 16.5. The third-order valence-corrected chi connectivity index (χ3v) is 5.05. The second-order valence-electron chi connectivity index (χ2n) is 6.69. The van der Waals surface area contributed by atoms with E-state index >= 15 is 0 Å². The molecule has 1 N–H and O–H groups in total. The molecule has 8 nitrogen and oxygen atoms in total. The second kappa shape index (κ2) is 9.42. The van der Waals surface area contributed by atoms with Crippen LogP contribution in [0, 0.1) is 0 Å². The highest BCUT2D eigenvalue weighted by Gasteiger charge is 2.19. The van der Waals surface area contributed by atoms with Gasteiger partial charge in [0.25, 0.3) is 5.91 Å². The number of hydrogen-bond acceptors (Lipinski definition) is 7. The van der Waals surface area contributed by atoms with Crippen LogP contribution in [-0.2, 0) is 9.53 Å². The van der Waals surface area contributed by atoms with Crippen LogP contribution in [0.3, 0.4) is 0 Å². The zero-order chi connectivity index (χ0) is 22.5. The van der Waals surface area contributed by atoms with Gasteiger partial charge in [0.15, 0.2) is 23.0 Å². The molecule has 0 atom stereocenters. The molecule has 0 aliphatic rings. The van der Waals surface area contributed by atoms with E-state index in [1.807, 2.05) is 18.2 Å². The minimum Gasteiger partial charge on any atom is -0.493 e. The lowest BCUT2D eigenvalue weighted by atomic mass is 9.95. The molecule has 1 amide bonds. The molecule has 3 aromatic rings. The first-order valence-electron chi connectivity index (χ1n) is 9.56. The predicted octanol–water partition coefficient (Wildman–Crippen LogP) is 3.32. The lowest BCUT2D eigenvalue weighted by Crippen LogP contribution is -2.26. The fourth-order valence-corrected chi connectivity index (χ4v) is 3.47. The molecule has 0 radical (unpaired) electrons. The molecule has 0 saturated carbocycles. The Morgan fingerprint density at radius 2 is 1.23 bits per heavy atom. The van der Waals surface area contributed by atoms with Crippen LogP contribution in [0.2, 0.25) is 0 Å². The molecule has 8 heteroatoms. The molecular weight excluding hydrogens is 402 g/mol. The smallest absolute Gasteiger partial charge is 0.307 e. The van der Waals surface area contributed by atoms with E-state index in [1.54, 1.807) is 33.5 Å². The van der Waals surface area contributed by atoms with Crippen LogP contribution in [0.1, 0.15) is 16.8 Å². The minimum absolute atomic E-state index is 0.0793. The SMILES string of the molecule is COC(=O)CCNC(=O)c1cc2cc(OC)c(OC)cc2c2cc(OC)c(OC)cc12. The third kappa shape index (κ3) is 4.28. The molecule has 0 aromatic heterocycles. The van der Waals surface area contributed by atoms with Crippen molar-refractivity contribution >= 4 is 33.4 Å². The number of carbonyl (C=O) groups excluding carboxylic acids is 2. The van der Waals surface area contributed by atoms with E-state index in [4.69, 9.17) is 18.9 Å². The highest BCUT2D eigenvalue weighted by Crippen LogP contribution is 2.41. The summed E-state index contributed by atoms with van der Waals surface area (Å²) in [5, 5.41) is 5.88. The Morgan fingerprint density at radius 1 is 0.710 bits per heavy atom. The van der Waals surface area contributed by atoms with Crippen LogP contribution in [0.15, 0.2) is 30.3 Å². The van der Waals surface area contributed by atoms with Gasteiger partial charge in [-0.15, -0.1) is 0 Å². The number of rotatable bonds is 8. The van der Waals surface area contributed by atoms with Gasteiger partial charge in [-0.05, 0) is 51.9 Å². The van der Waals surface area contributed by atoms with E-state index in [9.17, 15) is 9.59 Å². The van der Waals surface area contributed by atoms with Crippen LogP contribution in [0.4, 0.5) is 0 Å². The van der Waals surface area contributed by atoms with Gasteiger partial charge >= 0.3 is 5.97 Å². The van der Waals surface area contributed by atoms with Crippen molar-refractivity contribution in [2.24, 2.45) is 0 Å². The van der Waals surface area contributed by atoms with Gasteiger partial charge in [0.05, 0.1) is 42.0 Å². The maximum atomic E-state index is 13.0. The zero-order valence-electron chi connectivity index (χ0n) is 18.2. The van der Waals surface area contributed by atoms with Gasteiger partial charge in [-0.25, -0.2) is 0 Å². The monoisotopic (exact) mass is 427 g/mol. The highest BCUT2D eigenvalue weighted by molar-refractivity contribution is 6.18. The Labute approximate surface area is 180 Å². The van der Waals surface area contributed by atoms with Crippen molar-refractivity contribution in [1.29, 1.82) is 0 Å². The average molecular weight is 427 g/mol. The number of fused-ring (bicyclic) bond motifs is 3. The van der Waals surface area contributed by atoms with Gasteiger partial charge in [-0.1, -0.05) is 0 Å². The maximum Gasteiger partial charge on any atom is 0.307 e. The summed E-state index contributed by atoms with van der Waals surface area (Å²) >= 11 is 0. The van der Waals surface area contributed by atoms with Gasteiger partial charge in [0.1, 0.15) is 0 Å². The molecule has 0 spiro atoms. The molecule has 3 rings (SSSR count). The number of amides is 1. The molecule has 0 unspecified atom stereocenters. The summed E-state index contributed by atoms with van der Waals surface area (Å²) in [6, 6.07) is 9.04. The number of methoxy groups -OCH3 is 5. The molecule has 3 aromatic carbocycles. The molecule has 0 heterocycles. The van der Waals surface area contributed by atoms with Crippen molar-refractivity contribution in [3.8, 4) is 23.0 Å². The average Bonchev–Trinajstić information content (AvgIpc) is 2.81. The summed E-state index contributed by atoms with van der Waals surface area (Å²) in [4.78, 5) is 24.4. The summed E-state index contributed by atoms with van der Waals surface area (Å²) < 4.78 is 26.4. The molecule has 164 valence electrons. The lowest BCUT2D eigenvalue weighted by molar-refractivity contribution is -0.140. The first kappa shape index (κ1) is 22.0. The van der Waals surface area contributed by atoms with Gasteiger partial charge in [0, 0.05) is 12.1 Å². The van der Waals surface area contributed by atoms with Crippen molar-refractivity contribution in [3.63, 3.8) is 0 Å². The zero-order valence-corrected chi connectivity index (χ0v) is 18.2. The normalized spacial score (nSPS) is 10.6. The fraction of sp³-hybridized carbons (Fsp3) is 0.304. The van der Waals surface area contributed by atoms with Crippen molar-refractivity contribution < 1.29 is 33.3 Å². The number of esters is 1. The standard InChI is InChI=1S/C23H25NO7/c1-27-18-9-13-8-17(23(26)24-7-6-22(25)31-5)16-12-21(30-4)20(29-3)11-15(16)14(13)10-19(18)28-2/h8-12H,6-7H2,1-5H3,(H,24,26). The molecule has 0 saturated heterocycles. The Bertz CT molecular complexity index is 1140. The van der Waals surface area contributed by atoms with E-state index in [-0.39, 0.29) is 18.9 Å². The van der Waals surface area contributed by atoms with Crippen LogP contribution >= 0.6 is 0 Å². The Hall–Kier alpha value is -3.68. The second-order valence-corrected chi connectivity index (χ2v) is 6.69. The summed E-state index contributed by atoms with van der Waals surface area (Å²) in [6.45, 7) is 0.157. The van der Waals surface area contributed by atoms with Crippen molar-refractivity contribution in [2.45, 2.75) is 6.42 Å². The molecule has 0 fully saturated rings. The van der Waals surface area contributed by atoms with Gasteiger partial charge < -0.3 is 29.0 Å². The summed E-state index contributed by atoms with van der Waals surface area (Å²) in [6.07, 6.45) is 0.0793. The largest absolute Gasteiger partial charge is 0.493 e. The first-order chi connectivity index (χ1) is 15.0. The van der Waals surface area contributed by atoms with E-state index in [0.29, 0.717) is 33.9 Å². The Morgan fingerprint density at radius 3 is 1.77 bits per heavy atom. The van der Waals surface area contributed by atoms with Crippen molar-refractivity contribution in [3.05, 3.63) is 35.9 Å². The predicted molar refractivity (Wildman–Crippen MR) is 117 cm³/mol. The molecule has 0 bridgehead atoms. The molecule has 0 aliphatic carbocycles. The number of ether oxygens (including phenoxy) is 5. The quantitative estimate of drug-likeness (QED) is 0.435. The summed E-state index contributed by atoms with van der Waals surface area (Å²) in [5.41, 5.74) is 0.431. The van der Waals surface area contributed by atoms with E-state index in [1.165, 1.54) is 14.2 Å². The van der Waals surface area contributed by atoms with E-state index in [2.05, 4.69) is 10.1 Å². The molecule has 0 aliphatic heterocycles. The van der Waals surface area contributed by atoms with Crippen LogP contribution < -0.4 is 24.3 Å². The van der Waals surface area contributed by atoms with E-state index < -0.39 is 5.97 Å². The Balaban J connectivity index is 2.23. The maximum absolute atomic E-state index is 13.0. The number of carbonyl (C=O) groups is 2. The van der Waals surface area contributed by atoms with Gasteiger partial charge in [0.2, 0.25) is 0 Å². The topological polar surface area (TPSA) is 92.3 Å². The number of benzene rings is 3. The first-order valence-corrected chi connectivity index (χ1v) is 9.56. The minimum atomic E-state index is -0.396. The van der Waals surface area contributed by atoms with Gasteiger partial charge in [-0.3, -0.25) is 9.59 Å². The molecule has 31 heavy (non-hydrogen) atoms. The third-order valence-electron chi connectivity index (χ3n) is 5.05. The number of hydrogen-bond donors (Lipinski definition) is 1. The fourth-order valence-electron chi connectivity index (χ4n) is 3.47. The Kier molecular flexibility index (Phi) is 6.69. The summed E-state index contributed by atoms with van der Waals surface area (Å²) in [5.74, 6) is 1.44. The van der Waals surface area contributed by atoms with Crippen LogP contribution in [0.25, 0.3) is 21.5 Å². The van der Waals surface area contributed by atoms with Crippen molar-refractivity contribution in [2.75, 3.05) is 42.1 Å². The summed E-state index contributed by atoms with van der Waals surface area (Å²) in [7, 11) is 7.52. The van der Waals surface area contributed by atoms with Crippen molar-refractivity contribution in [1.82, 2.24) is 5.32 Å². The van der Waals surface area contributed by atoms with Crippen LogP contribution in [-0.4, -0.2) is 54.0 Å². The molecular formula is C23H25NO7. The lowest BCUT2D eigenvalue weighted by Gasteiger charge is -2.16. The number of nitrogens with one attached hydrogen (secondary N) is 1. The van der Waals surface area contributed by atoms with Gasteiger partial charge in [-0.2, -0.15) is 0 Å². The van der Waals surface area contributed by atoms with Crippen LogP contribution in [0.5, 0.6) is 23.0 Å².